The standard InChI is InChI=1S/C27H21F5N6O3S/c28-25(29)40-22-4-2-1-3-21(22)38-23(39)13-14-42-26(38)37-36-15-17-5-7-18(8-6-17)24(33)35-16-34-19-9-11-20(12-10-19)41-27(30,31)32/h1-12,15-16,25H,13-14H2,(H2,33,34,35)/b36-15-,37-26+. The molecule has 3 aromatic rings. The van der Waals surface area contributed by atoms with Gasteiger partial charge in [-0.3, -0.25) is 9.69 Å². The first-order valence-electron chi connectivity index (χ1n) is 12.0. The maximum Gasteiger partial charge on any atom is 0.573 e. The summed E-state index contributed by atoms with van der Waals surface area (Å²) >= 11 is 1.25. The summed E-state index contributed by atoms with van der Waals surface area (Å²) in [4.78, 5) is 21.9. The first-order chi connectivity index (χ1) is 20.1. The second-order valence-corrected chi connectivity index (χ2v) is 9.29. The Balaban J connectivity index is 1.41. The number of halogens is 5. The highest BCUT2D eigenvalue weighted by Crippen LogP contribution is 2.34. The number of alkyl halides is 5. The van der Waals surface area contributed by atoms with Crippen LogP contribution in [-0.2, 0) is 4.79 Å². The molecule has 0 atom stereocenters. The van der Waals surface area contributed by atoms with Crippen molar-refractivity contribution in [2.75, 3.05) is 10.7 Å². The van der Waals surface area contributed by atoms with Gasteiger partial charge in [-0.25, -0.2) is 9.98 Å². The Morgan fingerprint density at radius 2 is 1.74 bits per heavy atom. The topological polar surface area (TPSA) is 114 Å². The van der Waals surface area contributed by atoms with E-state index in [0.717, 1.165) is 12.1 Å². The zero-order chi connectivity index (χ0) is 30.1. The summed E-state index contributed by atoms with van der Waals surface area (Å²) in [6.45, 7) is -3.06. The molecule has 9 nitrogen and oxygen atoms in total. The van der Waals surface area contributed by atoms with Crippen molar-refractivity contribution in [1.29, 1.82) is 0 Å². The van der Waals surface area contributed by atoms with Crippen molar-refractivity contribution in [3.63, 3.8) is 0 Å². The molecule has 0 aliphatic carbocycles. The molecule has 1 aliphatic heterocycles. The Bertz CT molecular complexity index is 1510. The number of ether oxygens (including phenoxy) is 2. The normalized spacial score (nSPS) is 15.8. The third kappa shape index (κ3) is 8.60. The molecule has 218 valence electrons. The maximum absolute atomic E-state index is 12.9. The number of thioether (sulfide) groups is 1. The Kier molecular flexibility index (Phi) is 9.85. The SMILES string of the molecule is NC(=NC=Nc1ccc(OC(F)(F)F)cc1)c1ccc(/C=N\N=C2\SCCC(=O)N2c2ccccc2OC(F)F)cc1. The Hall–Kier alpha value is -4.79. The van der Waals surface area contributed by atoms with Crippen LogP contribution < -0.4 is 20.1 Å². The molecule has 1 amide bonds. The molecule has 3 aromatic carbocycles. The Labute approximate surface area is 240 Å². The Morgan fingerprint density at radius 1 is 1.02 bits per heavy atom. The lowest BCUT2D eigenvalue weighted by molar-refractivity contribution is -0.274. The predicted octanol–water partition coefficient (Wildman–Crippen LogP) is 6.11. The van der Waals surface area contributed by atoms with Gasteiger partial charge in [-0.15, -0.1) is 18.3 Å². The number of para-hydroxylation sites is 2. The van der Waals surface area contributed by atoms with E-state index in [2.05, 4.69) is 29.7 Å². The summed E-state index contributed by atoms with van der Waals surface area (Å²) < 4.78 is 70.9. The number of amides is 1. The third-order valence-corrected chi connectivity index (χ3v) is 6.27. The number of hydrogen-bond donors (Lipinski definition) is 1. The molecule has 1 heterocycles. The minimum absolute atomic E-state index is 0.136. The van der Waals surface area contributed by atoms with Gasteiger partial charge in [0.05, 0.1) is 17.6 Å². The molecule has 0 aromatic heterocycles. The van der Waals surface area contributed by atoms with Crippen molar-refractivity contribution in [2.24, 2.45) is 25.9 Å². The number of aliphatic imine (C=N–C) groups is 2. The minimum atomic E-state index is -4.78. The molecular weight excluding hydrogens is 583 g/mol. The lowest BCUT2D eigenvalue weighted by Gasteiger charge is -2.28. The van der Waals surface area contributed by atoms with Gasteiger partial charge < -0.3 is 15.2 Å². The van der Waals surface area contributed by atoms with E-state index in [9.17, 15) is 26.7 Å². The van der Waals surface area contributed by atoms with Crippen LogP contribution >= 0.6 is 11.8 Å². The van der Waals surface area contributed by atoms with Gasteiger partial charge in [-0.2, -0.15) is 13.9 Å². The van der Waals surface area contributed by atoms with Crippen LogP contribution in [0.25, 0.3) is 0 Å². The first kappa shape index (κ1) is 30.2. The molecule has 0 radical (unpaired) electrons. The number of carbonyl (C=O) groups is 1. The molecule has 4 rings (SSSR count). The van der Waals surface area contributed by atoms with Crippen molar-refractivity contribution in [1.82, 2.24) is 0 Å². The fourth-order valence-corrected chi connectivity index (χ4v) is 4.41. The van der Waals surface area contributed by atoms with Crippen LogP contribution in [0.2, 0.25) is 0 Å². The molecule has 0 bridgehead atoms. The van der Waals surface area contributed by atoms with E-state index in [-0.39, 0.29) is 40.5 Å². The Morgan fingerprint density at radius 3 is 2.43 bits per heavy atom. The number of nitrogens with zero attached hydrogens (tertiary/aromatic N) is 5. The summed E-state index contributed by atoms with van der Waals surface area (Å²) in [5, 5.41) is 8.40. The maximum atomic E-state index is 12.9. The molecule has 0 unspecified atom stereocenters. The van der Waals surface area contributed by atoms with Gasteiger partial charge in [-0.1, -0.05) is 48.2 Å². The van der Waals surface area contributed by atoms with E-state index in [1.807, 2.05) is 0 Å². The van der Waals surface area contributed by atoms with Crippen molar-refractivity contribution in [2.45, 2.75) is 19.4 Å². The number of benzene rings is 3. The van der Waals surface area contributed by atoms with Crippen LogP contribution in [0.4, 0.5) is 33.3 Å². The zero-order valence-corrected chi connectivity index (χ0v) is 22.2. The monoisotopic (exact) mass is 604 g/mol. The summed E-state index contributed by atoms with van der Waals surface area (Å²) in [6, 6.07) is 17.6. The number of anilines is 1. The summed E-state index contributed by atoms with van der Waals surface area (Å²) in [5.74, 6) is -0.267. The van der Waals surface area contributed by atoms with Crippen molar-refractivity contribution >= 4 is 52.6 Å². The van der Waals surface area contributed by atoms with Gasteiger partial charge in [0.25, 0.3) is 0 Å². The zero-order valence-electron chi connectivity index (χ0n) is 21.4. The molecule has 0 saturated carbocycles. The number of amidine groups is 2. The van der Waals surface area contributed by atoms with Gasteiger partial charge >= 0.3 is 13.0 Å². The summed E-state index contributed by atoms with van der Waals surface area (Å²) in [5.41, 5.74) is 7.68. The largest absolute Gasteiger partial charge is 0.573 e. The van der Waals surface area contributed by atoms with Crippen LogP contribution in [0, 0.1) is 0 Å². The van der Waals surface area contributed by atoms with Gasteiger partial charge in [0, 0.05) is 17.7 Å². The van der Waals surface area contributed by atoms with Gasteiger partial charge in [-0.05, 0) is 42.0 Å². The first-order valence-corrected chi connectivity index (χ1v) is 13.0. The molecule has 42 heavy (non-hydrogen) atoms. The van der Waals surface area contributed by atoms with Crippen molar-refractivity contribution in [3.05, 3.63) is 83.9 Å². The van der Waals surface area contributed by atoms with Crippen LogP contribution in [0.15, 0.2) is 93.0 Å². The van der Waals surface area contributed by atoms with Gasteiger partial charge in [0.15, 0.2) is 5.17 Å². The van der Waals surface area contributed by atoms with E-state index < -0.39 is 13.0 Å². The quantitative estimate of drug-likeness (QED) is 0.137. The second-order valence-electron chi connectivity index (χ2n) is 8.22. The van der Waals surface area contributed by atoms with Gasteiger partial charge in [0.2, 0.25) is 5.91 Å². The number of nitrogens with two attached hydrogens (primary N) is 1. The van der Waals surface area contributed by atoms with Crippen LogP contribution in [0.5, 0.6) is 11.5 Å². The average Bonchev–Trinajstić information content (AvgIpc) is 2.94. The molecule has 1 saturated heterocycles. The second kappa shape index (κ2) is 13.7. The lowest BCUT2D eigenvalue weighted by Crippen LogP contribution is -2.39. The van der Waals surface area contributed by atoms with Crippen molar-refractivity contribution in [3.8, 4) is 11.5 Å². The number of rotatable bonds is 9. The van der Waals surface area contributed by atoms with E-state index in [4.69, 9.17) is 5.73 Å². The highest BCUT2D eigenvalue weighted by Gasteiger charge is 2.31. The number of hydrogen-bond acceptors (Lipinski definition) is 7. The fourth-order valence-electron chi connectivity index (χ4n) is 3.51. The summed E-state index contributed by atoms with van der Waals surface area (Å²) in [7, 11) is 0. The van der Waals surface area contributed by atoms with E-state index in [1.54, 1.807) is 30.3 Å². The third-order valence-electron chi connectivity index (χ3n) is 5.34. The molecule has 15 heteroatoms. The lowest BCUT2D eigenvalue weighted by atomic mass is 10.1. The predicted molar refractivity (Wildman–Crippen MR) is 151 cm³/mol. The average molecular weight is 605 g/mol. The molecule has 1 aliphatic rings. The molecule has 1 fully saturated rings. The highest BCUT2D eigenvalue weighted by atomic mass is 32.2. The van der Waals surface area contributed by atoms with E-state index >= 15 is 0 Å². The minimum Gasteiger partial charge on any atom is -0.433 e. The summed E-state index contributed by atoms with van der Waals surface area (Å²) in [6.07, 6.45) is -1.98. The van der Waals surface area contributed by atoms with E-state index in [0.29, 0.717) is 22.6 Å². The number of carbonyl (C=O) groups excluding carboxylic acids is 1. The van der Waals surface area contributed by atoms with Crippen LogP contribution in [-0.4, -0.2) is 48.2 Å². The molecule has 0 spiro atoms. The van der Waals surface area contributed by atoms with Crippen molar-refractivity contribution < 1.29 is 36.2 Å². The fraction of sp³-hybridized carbons (Fsp3) is 0.148. The van der Waals surface area contributed by atoms with Gasteiger partial charge in [0.1, 0.15) is 23.7 Å². The highest BCUT2D eigenvalue weighted by molar-refractivity contribution is 8.14. The smallest absolute Gasteiger partial charge is 0.433 e. The van der Waals surface area contributed by atoms with E-state index in [1.165, 1.54) is 59.5 Å². The molecular formula is C27H21F5N6O3S. The van der Waals surface area contributed by atoms with Crippen LogP contribution in [0.1, 0.15) is 17.5 Å². The van der Waals surface area contributed by atoms with Crippen LogP contribution in [0.3, 0.4) is 0 Å². The molecule has 2 N–H and O–H groups in total.